The number of hydrogen-bond donors (Lipinski definition) is 1. The van der Waals surface area contributed by atoms with Crippen molar-refractivity contribution in [2.75, 3.05) is 37.8 Å². The smallest absolute Gasteiger partial charge is 0.253 e. The third-order valence-electron chi connectivity index (χ3n) is 5.13. The molecule has 0 radical (unpaired) electrons. The maximum Gasteiger partial charge on any atom is 0.253 e. The molecule has 0 saturated carbocycles. The Morgan fingerprint density at radius 1 is 1.03 bits per heavy atom. The third-order valence-corrected chi connectivity index (χ3v) is 5.13. The van der Waals surface area contributed by atoms with Gasteiger partial charge < -0.3 is 19.7 Å². The van der Waals surface area contributed by atoms with Gasteiger partial charge in [-0.05, 0) is 49.9 Å². The number of aryl methyl sites for hydroxylation is 1. The molecule has 0 spiro atoms. The van der Waals surface area contributed by atoms with E-state index < -0.39 is 0 Å². The molecule has 156 valence electrons. The van der Waals surface area contributed by atoms with Gasteiger partial charge in [0.2, 0.25) is 0 Å². The van der Waals surface area contributed by atoms with Crippen molar-refractivity contribution in [3.05, 3.63) is 64.7 Å². The first kappa shape index (κ1) is 21.3. The van der Waals surface area contributed by atoms with E-state index in [1.54, 1.807) is 0 Å². The predicted octanol–water partition coefficient (Wildman–Crippen LogP) is 4.08. The number of hydrogen-bond acceptors (Lipinski definition) is 4. The summed E-state index contributed by atoms with van der Waals surface area (Å²) in [6.07, 6.45) is 2.38. The van der Waals surface area contributed by atoms with Gasteiger partial charge >= 0.3 is 0 Å². The summed E-state index contributed by atoms with van der Waals surface area (Å²) >= 11 is 0. The highest BCUT2D eigenvalue weighted by atomic mass is 16.5. The lowest BCUT2D eigenvalue weighted by Gasteiger charge is -2.21. The number of nitrogens with one attached hydrogen (secondary N) is 1. The molecule has 0 unspecified atom stereocenters. The molecule has 1 saturated heterocycles. The first-order valence-electron chi connectivity index (χ1n) is 10.5. The fourth-order valence-electron chi connectivity index (χ4n) is 3.62. The topological polar surface area (TPSA) is 50.8 Å². The van der Waals surface area contributed by atoms with E-state index in [4.69, 9.17) is 9.47 Å². The monoisotopic (exact) mass is 396 g/mol. The second kappa shape index (κ2) is 11.0. The molecule has 1 N–H and O–H groups in total. The molecular weight excluding hydrogens is 364 g/mol. The lowest BCUT2D eigenvalue weighted by Crippen LogP contribution is -2.27. The minimum absolute atomic E-state index is 0.0195. The van der Waals surface area contributed by atoms with Crippen molar-refractivity contribution < 1.29 is 14.3 Å². The van der Waals surface area contributed by atoms with Crippen molar-refractivity contribution in [3.8, 4) is 0 Å². The molecule has 5 nitrogen and oxygen atoms in total. The highest BCUT2D eigenvalue weighted by Gasteiger charge is 2.19. The average Bonchev–Trinajstić information content (AvgIpc) is 3.27. The zero-order chi connectivity index (χ0) is 20.5. The van der Waals surface area contributed by atoms with Gasteiger partial charge in [0.05, 0.1) is 25.4 Å². The molecule has 5 heteroatoms. The summed E-state index contributed by atoms with van der Waals surface area (Å²) in [5.74, 6) is -0.0195. The number of carbonyl (C=O) groups is 1. The van der Waals surface area contributed by atoms with Crippen LogP contribution in [-0.4, -0.2) is 38.8 Å². The van der Waals surface area contributed by atoms with E-state index in [9.17, 15) is 4.79 Å². The molecule has 0 atom stereocenters. The van der Waals surface area contributed by atoms with Gasteiger partial charge in [0.25, 0.3) is 5.91 Å². The van der Waals surface area contributed by atoms with Crippen LogP contribution in [0.15, 0.2) is 42.5 Å². The van der Waals surface area contributed by atoms with Crippen molar-refractivity contribution in [2.24, 2.45) is 0 Å². The second-order valence-corrected chi connectivity index (χ2v) is 7.47. The number of carbonyl (C=O) groups excluding carboxylic acids is 1. The minimum Gasteiger partial charge on any atom is -0.379 e. The molecule has 1 fully saturated rings. The first-order chi connectivity index (χ1) is 14.2. The molecule has 1 amide bonds. The Morgan fingerprint density at radius 2 is 1.79 bits per heavy atom. The molecular formula is C24H32N2O3. The summed E-state index contributed by atoms with van der Waals surface area (Å²) in [7, 11) is 0. The first-order valence-corrected chi connectivity index (χ1v) is 10.5. The lowest BCUT2D eigenvalue weighted by atomic mass is 10.1. The van der Waals surface area contributed by atoms with Crippen molar-refractivity contribution >= 4 is 11.6 Å². The van der Waals surface area contributed by atoms with Crippen molar-refractivity contribution in [1.29, 1.82) is 0 Å². The number of benzene rings is 2. The van der Waals surface area contributed by atoms with Gasteiger partial charge in [-0.25, -0.2) is 0 Å². The summed E-state index contributed by atoms with van der Waals surface area (Å²) in [6, 6.07) is 14.3. The lowest BCUT2D eigenvalue weighted by molar-refractivity contribution is 0.0453. The quantitative estimate of drug-likeness (QED) is 0.615. The average molecular weight is 397 g/mol. The highest BCUT2D eigenvalue weighted by molar-refractivity contribution is 6.00. The molecule has 2 aromatic rings. The van der Waals surface area contributed by atoms with E-state index in [0.717, 1.165) is 41.0 Å². The normalized spacial score (nSPS) is 13.7. The van der Waals surface area contributed by atoms with Crippen LogP contribution in [0.3, 0.4) is 0 Å². The Kier molecular flexibility index (Phi) is 8.08. The standard InChI is InChI=1S/C24H32N2O3/c1-3-28-13-14-29-18-21-8-6-7-20(16-21)17-25-24(27)22-15-19(2)9-10-23(22)26-11-4-5-12-26/h6-10,15-16H,3-5,11-14,17-18H2,1-2H3,(H,25,27). The Labute approximate surface area is 174 Å². The summed E-state index contributed by atoms with van der Waals surface area (Å²) in [6.45, 7) is 9.00. The second-order valence-electron chi connectivity index (χ2n) is 7.47. The van der Waals surface area contributed by atoms with Crippen LogP contribution < -0.4 is 10.2 Å². The van der Waals surface area contributed by atoms with Gasteiger partial charge in [0.1, 0.15) is 0 Å². The zero-order valence-corrected chi connectivity index (χ0v) is 17.6. The van der Waals surface area contributed by atoms with Crippen LogP contribution in [0.5, 0.6) is 0 Å². The maximum absolute atomic E-state index is 12.9. The fraction of sp³-hybridized carbons (Fsp3) is 0.458. The third kappa shape index (κ3) is 6.31. The maximum atomic E-state index is 12.9. The van der Waals surface area contributed by atoms with Crippen LogP contribution >= 0.6 is 0 Å². The van der Waals surface area contributed by atoms with E-state index in [1.165, 1.54) is 12.8 Å². The zero-order valence-electron chi connectivity index (χ0n) is 17.6. The summed E-state index contributed by atoms with van der Waals surface area (Å²) < 4.78 is 10.9. The van der Waals surface area contributed by atoms with E-state index in [1.807, 2.05) is 38.1 Å². The summed E-state index contributed by atoms with van der Waals surface area (Å²) in [4.78, 5) is 15.2. The Balaban J connectivity index is 1.58. The number of amides is 1. The van der Waals surface area contributed by atoms with Gasteiger partial charge in [0, 0.05) is 31.9 Å². The van der Waals surface area contributed by atoms with Gasteiger partial charge in [-0.1, -0.05) is 35.9 Å². The van der Waals surface area contributed by atoms with Crippen LogP contribution in [-0.2, 0) is 22.6 Å². The molecule has 0 aromatic heterocycles. The molecule has 2 aromatic carbocycles. The molecule has 29 heavy (non-hydrogen) atoms. The molecule has 1 aliphatic heterocycles. The van der Waals surface area contributed by atoms with Crippen LogP contribution in [0.1, 0.15) is 46.8 Å². The fourth-order valence-corrected chi connectivity index (χ4v) is 3.62. The number of ether oxygens (including phenoxy) is 2. The number of anilines is 1. The van der Waals surface area contributed by atoms with Gasteiger partial charge in [-0.3, -0.25) is 4.79 Å². The van der Waals surface area contributed by atoms with Crippen LogP contribution in [0, 0.1) is 6.92 Å². The van der Waals surface area contributed by atoms with Gasteiger partial charge in [-0.2, -0.15) is 0 Å². The molecule has 0 bridgehead atoms. The Bertz CT molecular complexity index is 800. The van der Waals surface area contributed by atoms with Crippen molar-refractivity contribution in [3.63, 3.8) is 0 Å². The van der Waals surface area contributed by atoms with Crippen molar-refractivity contribution in [1.82, 2.24) is 5.32 Å². The Hall–Kier alpha value is -2.37. The summed E-state index contributed by atoms with van der Waals surface area (Å²) in [5.41, 5.74) is 5.08. The largest absolute Gasteiger partial charge is 0.379 e. The van der Waals surface area contributed by atoms with Crippen LogP contribution in [0.25, 0.3) is 0 Å². The SMILES string of the molecule is CCOCCOCc1cccc(CNC(=O)c2cc(C)ccc2N2CCCC2)c1. The molecule has 1 heterocycles. The predicted molar refractivity (Wildman–Crippen MR) is 116 cm³/mol. The van der Waals surface area contributed by atoms with Crippen molar-refractivity contribution in [2.45, 2.75) is 39.8 Å². The minimum atomic E-state index is -0.0195. The van der Waals surface area contributed by atoms with E-state index in [-0.39, 0.29) is 5.91 Å². The molecule has 1 aliphatic rings. The number of nitrogens with zero attached hydrogens (tertiary/aromatic N) is 1. The van der Waals surface area contributed by atoms with Gasteiger partial charge in [0.15, 0.2) is 0 Å². The van der Waals surface area contributed by atoms with Crippen LogP contribution in [0.4, 0.5) is 5.69 Å². The highest BCUT2D eigenvalue weighted by Crippen LogP contribution is 2.25. The van der Waals surface area contributed by atoms with Gasteiger partial charge in [-0.15, -0.1) is 0 Å². The molecule has 0 aliphatic carbocycles. The Morgan fingerprint density at radius 3 is 2.59 bits per heavy atom. The van der Waals surface area contributed by atoms with E-state index in [0.29, 0.717) is 33.0 Å². The molecule has 3 rings (SSSR count). The van der Waals surface area contributed by atoms with E-state index in [2.05, 4.69) is 28.4 Å². The summed E-state index contributed by atoms with van der Waals surface area (Å²) in [5, 5.41) is 3.09. The number of rotatable bonds is 10. The van der Waals surface area contributed by atoms with Crippen LogP contribution in [0.2, 0.25) is 0 Å². The van der Waals surface area contributed by atoms with E-state index >= 15 is 0 Å².